The fourth-order valence-electron chi connectivity index (χ4n) is 0.100. The van der Waals surface area contributed by atoms with Gasteiger partial charge in [0.25, 0.3) is 0 Å². The van der Waals surface area contributed by atoms with Gasteiger partial charge in [0.05, 0.1) is 0 Å². The SMILES string of the molecule is C[N-]C(=S)[N-]C.[W].[Y]. The molecule has 0 amide bonds. The van der Waals surface area contributed by atoms with E-state index in [4.69, 9.17) is 0 Å². The molecule has 0 atom stereocenters. The zero-order chi connectivity index (χ0) is 4.99. The van der Waals surface area contributed by atoms with Crippen LogP contribution < -0.4 is 0 Å². The molecule has 0 saturated heterocycles. The maximum Gasteiger partial charge on any atom is 0 e. The van der Waals surface area contributed by atoms with Crippen molar-refractivity contribution in [3.05, 3.63) is 10.6 Å². The van der Waals surface area contributed by atoms with Crippen LogP contribution in [0.5, 0.6) is 0 Å². The molecular formula is C3H6N2SWY-2. The van der Waals surface area contributed by atoms with Gasteiger partial charge in [-0.3, -0.25) is 0 Å². The second-order valence-corrected chi connectivity index (χ2v) is 1.09. The molecule has 0 aromatic carbocycles. The van der Waals surface area contributed by atoms with Crippen molar-refractivity contribution in [1.82, 2.24) is 0 Å². The Balaban J connectivity index is -0.000000125. The summed E-state index contributed by atoms with van der Waals surface area (Å²) in [7, 11) is 3.24. The van der Waals surface area contributed by atoms with Crippen LogP contribution in [0.15, 0.2) is 0 Å². The fraction of sp³-hybridized carbons (Fsp3) is 0.667. The van der Waals surface area contributed by atoms with Gasteiger partial charge < -0.3 is 10.6 Å². The van der Waals surface area contributed by atoms with Gasteiger partial charge in [0.2, 0.25) is 0 Å². The third-order valence-corrected chi connectivity index (χ3v) is 0.748. The van der Waals surface area contributed by atoms with Gasteiger partial charge >= 0.3 is 0 Å². The van der Waals surface area contributed by atoms with Gasteiger partial charge in [0, 0.05) is 53.8 Å². The van der Waals surface area contributed by atoms with E-state index in [1.165, 1.54) is 0 Å². The van der Waals surface area contributed by atoms with Crippen LogP contribution in [0.2, 0.25) is 0 Å². The van der Waals surface area contributed by atoms with Gasteiger partial charge in [-0.15, -0.1) is 26.3 Å². The minimum atomic E-state index is 0. The van der Waals surface area contributed by atoms with Gasteiger partial charge in [-0.05, 0) is 0 Å². The van der Waals surface area contributed by atoms with Crippen molar-refractivity contribution < 1.29 is 53.8 Å². The Labute approximate surface area is 94.7 Å². The molecule has 5 heteroatoms. The van der Waals surface area contributed by atoms with Gasteiger partial charge in [0.1, 0.15) is 0 Å². The molecule has 0 N–H and O–H groups in total. The van der Waals surface area contributed by atoms with E-state index in [0.717, 1.165) is 0 Å². The number of hydrogen-bond donors (Lipinski definition) is 0. The summed E-state index contributed by atoms with van der Waals surface area (Å²) in [6.45, 7) is 0. The summed E-state index contributed by atoms with van der Waals surface area (Å²) in [5.41, 5.74) is 0. The zero-order valence-corrected chi connectivity index (χ0v) is 11.4. The number of nitrogens with zero attached hydrogens (tertiary/aromatic N) is 2. The van der Waals surface area contributed by atoms with Crippen LogP contribution in [-0.4, -0.2) is 19.2 Å². The Kier molecular flexibility index (Phi) is 22.9. The standard InChI is InChI=1S/C3H7N2S.W.Y/c1-4-3(6)5-2;;/h1-2H3,(H-,4,5,6);;/q-1;;/p-1. The summed E-state index contributed by atoms with van der Waals surface area (Å²) in [6.07, 6.45) is 0. The average Bonchev–Trinajstić information content (AvgIpc) is 1.65. The molecular weight excluding hydrogens is 369 g/mol. The smallest absolute Gasteiger partial charge is 0 e. The molecule has 0 aromatic rings. The Morgan fingerprint density at radius 1 is 1.25 bits per heavy atom. The molecule has 0 spiro atoms. The molecule has 0 heterocycles. The maximum atomic E-state index is 4.52. The molecule has 8 heavy (non-hydrogen) atoms. The summed E-state index contributed by atoms with van der Waals surface area (Å²) < 4.78 is 0. The molecule has 0 fully saturated rings. The normalized spacial score (nSPS) is 5.25. The molecule has 0 saturated carbocycles. The van der Waals surface area contributed by atoms with Crippen LogP contribution >= 0.6 is 12.2 Å². The predicted molar refractivity (Wildman–Crippen MR) is 31.2 cm³/mol. The predicted octanol–water partition coefficient (Wildman–Crippen LogP) is 1.27. The molecule has 0 rings (SSSR count). The fourth-order valence-corrected chi connectivity index (χ4v) is 0.100. The van der Waals surface area contributed by atoms with Crippen LogP contribution in [0.4, 0.5) is 0 Å². The molecule has 0 bridgehead atoms. The number of rotatable bonds is 0. The molecule has 0 aliphatic carbocycles. The van der Waals surface area contributed by atoms with Crippen LogP contribution in [0.1, 0.15) is 0 Å². The van der Waals surface area contributed by atoms with Gasteiger partial charge in [-0.1, -0.05) is 0 Å². The van der Waals surface area contributed by atoms with Crippen LogP contribution in [0.25, 0.3) is 10.6 Å². The first-order valence-electron chi connectivity index (χ1n) is 1.55. The van der Waals surface area contributed by atoms with Crippen molar-refractivity contribution in [2.24, 2.45) is 0 Å². The first-order chi connectivity index (χ1) is 2.81. The molecule has 1 radical (unpaired) electrons. The first-order valence-corrected chi connectivity index (χ1v) is 1.95. The Bertz CT molecular complexity index is 55.2. The second-order valence-electron chi connectivity index (χ2n) is 0.730. The minimum absolute atomic E-state index is 0. The van der Waals surface area contributed by atoms with Crippen molar-refractivity contribution in [3.8, 4) is 0 Å². The molecule has 45 valence electrons. The van der Waals surface area contributed by atoms with Crippen molar-refractivity contribution in [2.45, 2.75) is 0 Å². The third kappa shape index (κ3) is 10.5. The van der Waals surface area contributed by atoms with Crippen molar-refractivity contribution in [2.75, 3.05) is 14.1 Å². The van der Waals surface area contributed by atoms with Crippen LogP contribution in [0.3, 0.4) is 0 Å². The average molecular weight is 375 g/mol. The molecule has 0 unspecified atom stereocenters. The van der Waals surface area contributed by atoms with Gasteiger partial charge in [-0.25, -0.2) is 0 Å². The third-order valence-electron chi connectivity index (χ3n) is 0.383. The van der Waals surface area contributed by atoms with E-state index in [0.29, 0.717) is 5.11 Å². The summed E-state index contributed by atoms with van der Waals surface area (Å²) >= 11 is 4.52. The topological polar surface area (TPSA) is 28.2 Å². The summed E-state index contributed by atoms with van der Waals surface area (Å²) in [6, 6.07) is 0. The first kappa shape index (κ1) is 16.2. The van der Waals surface area contributed by atoms with Gasteiger partial charge in [0.15, 0.2) is 0 Å². The van der Waals surface area contributed by atoms with E-state index in [1.807, 2.05) is 0 Å². The Hall–Kier alpha value is 1.48. The largest absolute Gasteiger partial charge is 0.697 e. The Morgan fingerprint density at radius 3 is 1.50 bits per heavy atom. The second kappa shape index (κ2) is 11.3. The van der Waals surface area contributed by atoms with Crippen LogP contribution in [-0.2, 0) is 53.8 Å². The number of hydrogen-bond acceptors (Lipinski definition) is 1. The molecule has 0 aliphatic heterocycles. The van der Waals surface area contributed by atoms with E-state index in [2.05, 4.69) is 22.9 Å². The van der Waals surface area contributed by atoms with E-state index in [1.54, 1.807) is 14.1 Å². The maximum absolute atomic E-state index is 4.52. The van der Waals surface area contributed by atoms with Crippen LogP contribution in [0, 0.1) is 0 Å². The summed E-state index contributed by atoms with van der Waals surface area (Å²) in [4.78, 5) is 0. The van der Waals surface area contributed by atoms with E-state index < -0.39 is 0 Å². The van der Waals surface area contributed by atoms with E-state index >= 15 is 0 Å². The quantitative estimate of drug-likeness (QED) is 0.587. The monoisotopic (exact) mass is 375 g/mol. The molecule has 0 aliphatic rings. The van der Waals surface area contributed by atoms with E-state index in [9.17, 15) is 0 Å². The summed E-state index contributed by atoms with van der Waals surface area (Å²) in [5, 5.41) is 7.57. The van der Waals surface area contributed by atoms with Crippen molar-refractivity contribution in [3.63, 3.8) is 0 Å². The summed E-state index contributed by atoms with van der Waals surface area (Å²) in [5.74, 6) is 0. The van der Waals surface area contributed by atoms with Crippen molar-refractivity contribution >= 4 is 17.3 Å². The zero-order valence-electron chi connectivity index (χ0n) is 4.79. The van der Waals surface area contributed by atoms with E-state index in [-0.39, 0.29) is 53.8 Å². The Morgan fingerprint density at radius 2 is 1.50 bits per heavy atom. The van der Waals surface area contributed by atoms with Crippen molar-refractivity contribution in [1.29, 1.82) is 0 Å². The minimum Gasteiger partial charge on any atom is -0.697 e. The molecule has 2 nitrogen and oxygen atoms in total. The van der Waals surface area contributed by atoms with Gasteiger partial charge in [-0.2, -0.15) is 5.11 Å². The molecule has 0 aromatic heterocycles. The number of thiocarbonyl (C=S) groups is 1.